The van der Waals surface area contributed by atoms with Crippen molar-refractivity contribution in [3.63, 3.8) is 0 Å². The molecule has 5 nitrogen and oxygen atoms in total. The Hall–Kier alpha value is -3.16. The van der Waals surface area contributed by atoms with E-state index in [0.717, 1.165) is 41.2 Å². The number of hydrogen-bond donors (Lipinski definition) is 1. The summed E-state index contributed by atoms with van der Waals surface area (Å²) in [5, 5.41) is 10.2. The molecule has 0 unspecified atom stereocenters. The summed E-state index contributed by atoms with van der Waals surface area (Å²) in [5.74, 6) is -0.491. The maximum atomic E-state index is 13.5. The molecule has 0 bridgehead atoms. The van der Waals surface area contributed by atoms with E-state index in [1.165, 1.54) is 6.07 Å². The molecule has 0 saturated carbocycles. The lowest BCUT2D eigenvalue weighted by molar-refractivity contribution is -0.139. The van der Waals surface area contributed by atoms with Gasteiger partial charge in [0.15, 0.2) is 0 Å². The summed E-state index contributed by atoms with van der Waals surface area (Å²) in [5.41, 5.74) is 2.64. The van der Waals surface area contributed by atoms with Crippen LogP contribution < -0.4 is 9.47 Å². The van der Waals surface area contributed by atoms with Crippen LogP contribution in [0.2, 0.25) is 0 Å². The number of rotatable bonds is 7. The number of aromatic nitrogens is 1. The zero-order chi connectivity index (χ0) is 23.9. The summed E-state index contributed by atoms with van der Waals surface area (Å²) in [6, 6.07) is 9.54. The zero-order valence-electron chi connectivity index (χ0n) is 18.7. The van der Waals surface area contributed by atoms with Gasteiger partial charge in [0.2, 0.25) is 0 Å². The summed E-state index contributed by atoms with van der Waals surface area (Å²) in [7, 11) is 0. The predicted molar refractivity (Wildman–Crippen MR) is 118 cm³/mol. The molecule has 0 amide bonds. The molecule has 1 N–H and O–H groups in total. The summed E-state index contributed by atoms with van der Waals surface area (Å²) in [4.78, 5) is 11.2. The molecule has 4 rings (SSSR count). The minimum absolute atomic E-state index is 0.0216. The third kappa shape index (κ3) is 4.65. The maximum Gasteiger partial charge on any atom is 0.419 e. The Balaban J connectivity index is 1.57. The highest BCUT2D eigenvalue weighted by Crippen LogP contribution is 2.41. The lowest BCUT2D eigenvalue weighted by atomic mass is 9.97. The lowest BCUT2D eigenvalue weighted by Crippen LogP contribution is -2.13. The first-order valence-corrected chi connectivity index (χ1v) is 10.9. The van der Waals surface area contributed by atoms with Crippen LogP contribution in [0.25, 0.3) is 10.9 Å². The molecule has 1 aliphatic rings. The van der Waals surface area contributed by atoms with Crippen molar-refractivity contribution in [1.29, 1.82) is 0 Å². The molecule has 0 fully saturated rings. The number of nitrogens with zero attached hydrogens (tertiary/aromatic N) is 1. The number of ether oxygens (including phenoxy) is 2. The van der Waals surface area contributed by atoms with Crippen molar-refractivity contribution in [2.75, 3.05) is 0 Å². The van der Waals surface area contributed by atoms with Crippen molar-refractivity contribution in [3.8, 4) is 11.5 Å². The van der Waals surface area contributed by atoms with Gasteiger partial charge in [-0.25, -0.2) is 0 Å². The second-order valence-electron chi connectivity index (χ2n) is 8.71. The summed E-state index contributed by atoms with van der Waals surface area (Å²) < 4.78 is 53.8. The highest BCUT2D eigenvalue weighted by molar-refractivity contribution is 5.87. The van der Waals surface area contributed by atoms with Crippen LogP contribution in [-0.2, 0) is 24.1 Å². The zero-order valence-corrected chi connectivity index (χ0v) is 18.7. The quantitative estimate of drug-likeness (QED) is 0.449. The molecule has 33 heavy (non-hydrogen) atoms. The van der Waals surface area contributed by atoms with Crippen LogP contribution in [0.4, 0.5) is 13.2 Å². The molecule has 0 saturated heterocycles. The van der Waals surface area contributed by atoms with Gasteiger partial charge in [-0.1, -0.05) is 6.07 Å². The third-order valence-corrected chi connectivity index (χ3v) is 5.96. The highest BCUT2D eigenvalue weighted by Gasteiger charge is 2.35. The molecule has 0 spiro atoms. The Labute approximate surface area is 189 Å². The molecule has 2 aromatic carbocycles. The van der Waals surface area contributed by atoms with Crippen molar-refractivity contribution in [2.24, 2.45) is 0 Å². The Morgan fingerprint density at radius 1 is 1.21 bits per heavy atom. The second-order valence-corrected chi connectivity index (χ2v) is 8.71. The summed E-state index contributed by atoms with van der Waals surface area (Å²) in [6.45, 7) is 6.07. The van der Waals surface area contributed by atoms with E-state index in [9.17, 15) is 23.1 Å². The van der Waals surface area contributed by atoms with Crippen molar-refractivity contribution < 1.29 is 32.5 Å². The van der Waals surface area contributed by atoms with Crippen LogP contribution in [0, 0.1) is 6.92 Å². The Morgan fingerprint density at radius 2 is 1.97 bits per heavy atom. The number of carbonyl (C=O) groups is 1. The average Bonchev–Trinajstić information content (AvgIpc) is 3.25. The van der Waals surface area contributed by atoms with E-state index >= 15 is 0 Å². The van der Waals surface area contributed by atoms with Crippen LogP contribution in [0.3, 0.4) is 0 Å². The lowest BCUT2D eigenvalue weighted by Gasteiger charge is -2.17. The van der Waals surface area contributed by atoms with Crippen molar-refractivity contribution in [2.45, 2.75) is 65.0 Å². The highest BCUT2D eigenvalue weighted by atomic mass is 19.4. The molecule has 0 aliphatic carbocycles. The minimum Gasteiger partial charge on any atom is -0.490 e. The van der Waals surface area contributed by atoms with Crippen molar-refractivity contribution in [3.05, 3.63) is 58.8 Å². The largest absolute Gasteiger partial charge is 0.490 e. The minimum atomic E-state index is -4.53. The number of carboxylic acid groups (broad SMARTS) is 1. The van der Waals surface area contributed by atoms with Gasteiger partial charge in [-0.15, -0.1) is 0 Å². The van der Waals surface area contributed by atoms with Gasteiger partial charge in [-0.3, -0.25) is 4.79 Å². The predicted octanol–water partition coefficient (Wildman–Crippen LogP) is 6.30. The first-order valence-electron chi connectivity index (χ1n) is 10.9. The standard InChI is InChI=1S/C25H26F3NO4/c1-14(2)33-22-7-4-16(10-20(22)25(26,27)28)13-32-18-5-6-21-19(12-18)15(3)24-17(11-23(30)31)8-9-29(21)24/h4-7,10,12,14,17H,8-9,11,13H2,1-3H3,(H,30,31)/t17-/m0/s1. The molecule has 1 atom stereocenters. The number of carboxylic acids is 1. The van der Waals surface area contributed by atoms with E-state index in [4.69, 9.17) is 9.47 Å². The number of halogens is 3. The van der Waals surface area contributed by atoms with Crippen LogP contribution in [-0.4, -0.2) is 21.7 Å². The first-order chi connectivity index (χ1) is 15.5. The smallest absolute Gasteiger partial charge is 0.419 e. The maximum absolute atomic E-state index is 13.5. The van der Waals surface area contributed by atoms with E-state index in [1.807, 2.05) is 19.1 Å². The molecule has 176 valence electrons. The number of aryl methyl sites for hydroxylation is 2. The van der Waals surface area contributed by atoms with E-state index in [2.05, 4.69) is 4.57 Å². The molecule has 3 aromatic rings. The van der Waals surface area contributed by atoms with Gasteiger partial charge in [0.1, 0.15) is 18.1 Å². The normalized spacial score (nSPS) is 15.8. The monoisotopic (exact) mass is 461 g/mol. The van der Waals surface area contributed by atoms with E-state index in [0.29, 0.717) is 11.3 Å². The topological polar surface area (TPSA) is 60.7 Å². The van der Waals surface area contributed by atoms with Gasteiger partial charge in [-0.2, -0.15) is 13.2 Å². The molecule has 0 radical (unpaired) electrons. The fourth-order valence-electron chi connectivity index (χ4n) is 4.62. The van der Waals surface area contributed by atoms with Gasteiger partial charge in [0, 0.05) is 29.1 Å². The molecule has 1 aliphatic heterocycles. The Bertz CT molecular complexity index is 1200. The van der Waals surface area contributed by atoms with Gasteiger partial charge in [-0.05, 0) is 68.7 Å². The number of aliphatic carboxylic acids is 1. The summed E-state index contributed by atoms with van der Waals surface area (Å²) >= 11 is 0. The SMILES string of the molecule is Cc1c2n(c3ccc(OCc4ccc(OC(C)C)c(C(F)(F)F)c4)cc13)CC[C@H]2CC(=O)O. The third-order valence-electron chi connectivity index (χ3n) is 5.96. The fourth-order valence-corrected chi connectivity index (χ4v) is 4.62. The number of benzene rings is 2. The van der Waals surface area contributed by atoms with E-state index < -0.39 is 17.7 Å². The molecule has 2 heterocycles. The Morgan fingerprint density at radius 3 is 2.64 bits per heavy atom. The number of alkyl halides is 3. The van der Waals surface area contributed by atoms with Crippen LogP contribution in [0.1, 0.15) is 55.0 Å². The molecular formula is C25H26F3NO4. The average molecular weight is 461 g/mol. The molecular weight excluding hydrogens is 435 g/mol. The second kappa shape index (κ2) is 8.65. The van der Waals surface area contributed by atoms with Crippen molar-refractivity contribution in [1.82, 2.24) is 4.57 Å². The van der Waals surface area contributed by atoms with Gasteiger partial charge in [0.05, 0.1) is 18.1 Å². The van der Waals surface area contributed by atoms with Crippen LogP contribution in [0.15, 0.2) is 36.4 Å². The molecule has 1 aromatic heterocycles. The van der Waals surface area contributed by atoms with E-state index in [1.54, 1.807) is 26.0 Å². The Kier molecular flexibility index (Phi) is 6.03. The van der Waals surface area contributed by atoms with Crippen molar-refractivity contribution >= 4 is 16.9 Å². The molecule has 8 heteroatoms. The first kappa shape index (κ1) is 23.0. The van der Waals surface area contributed by atoms with Crippen LogP contribution >= 0.6 is 0 Å². The van der Waals surface area contributed by atoms with Gasteiger partial charge < -0.3 is 19.1 Å². The number of fused-ring (bicyclic) bond motifs is 3. The van der Waals surface area contributed by atoms with Gasteiger partial charge in [0.25, 0.3) is 0 Å². The summed E-state index contributed by atoms with van der Waals surface area (Å²) in [6.07, 6.45) is -4.01. The fraction of sp³-hybridized carbons (Fsp3) is 0.400. The number of hydrogen-bond acceptors (Lipinski definition) is 3. The van der Waals surface area contributed by atoms with Gasteiger partial charge >= 0.3 is 12.1 Å². The van der Waals surface area contributed by atoms with Crippen LogP contribution in [0.5, 0.6) is 11.5 Å². The van der Waals surface area contributed by atoms with E-state index in [-0.39, 0.29) is 30.8 Å².